The number of allylic oxidation sites excluding steroid dienone is 2. The zero-order chi connectivity index (χ0) is 15.7. The van der Waals surface area contributed by atoms with Gasteiger partial charge in [0.25, 0.3) is 0 Å². The van der Waals surface area contributed by atoms with Crippen LogP contribution >= 0.6 is 0 Å². The number of fused-ring (bicyclic) bond motifs is 2. The summed E-state index contributed by atoms with van der Waals surface area (Å²) in [6, 6.07) is 0. The van der Waals surface area contributed by atoms with Crippen LogP contribution in [0.15, 0.2) is 24.3 Å². The lowest BCUT2D eigenvalue weighted by Gasteiger charge is -2.41. The monoisotopic (exact) mass is 300 g/mol. The second-order valence-electron chi connectivity index (χ2n) is 8.82. The summed E-state index contributed by atoms with van der Waals surface area (Å²) >= 11 is 0. The summed E-state index contributed by atoms with van der Waals surface area (Å²) in [5.74, 6) is 1.49. The molecule has 0 aliphatic heterocycles. The van der Waals surface area contributed by atoms with Crippen molar-refractivity contribution in [1.29, 1.82) is 0 Å². The molecule has 22 heavy (non-hydrogen) atoms. The van der Waals surface area contributed by atoms with Gasteiger partial charge in [0, 0.05) is 0 Å². The normalized spacial score (nSPS) is 50.4. The van der Waals surface area contributed by atoms with Crippen LogP contribution in [-0.2, 0) is 4.79 Å². The van der Waals surface area contributed by atoms with Crippen LogP contribution in [-0.4, -0.2) is 11.1 Å². The van der Waals surface area contributed by atoms with Crippen molar-refractivity contribution in [3.05, 3.63) is 24.3 Å². The van der Waals surface area contributed by atoms with E-state index in [1.807, 2.05) is 6.92 Å². The molecule has 4 fully saturated rings. The molecule has 120 valence electrons. The molecule has 4 aliphatic rings. The summed E-state index contributed by atoms with van der Waals surface area (Å²) in [5, 5.41) is 9.78. The highest BCUT2D eigenvalue weighted by Crippen LogP contribution is 2.66. The average Bonchev–Trinajstić information content (AvgIpc) is 2.89. The van der Waals surface area contributed by atoms with Crippen LogP contribution in [0.25, 0.3) is 0 Å². The number of hydrogen-bond acceptors (Lipinski definition) is 1. The molecular formula is C20H28O2. The smallest absolute Gasteiger partial charge is 0.309 e. The van der Waals surface area contributed by atoms with Gasteiger partial charge in [0.15, 0.2) is 0 Å². The van der Waals surface area contributed by atoms with Gasteiger partial charge in [-0.1, -0.05) is 24.3 Å². The molecule has 0 aromatic heterocycles. The quantitative estimate of drug-likeness (QED) is 0.705. The lowest BCUT2D eigenvalue weighted by Crippen LogP contribution is -2.33. The van der Waals surface area contributed by atoms with Gasteiger partial charge in [-0.25, -0.2) is 0 Å². The van der Waals surface area contributed by atoms with Crippen LogP contribution in [0.1, 0.15) is 58.3 Å². The first-order chi connectivity index (χ1) is 10.4. The second-order valence-corrected chi connectivity index (χ2v) is 8.82. The van der Waals surface area contributed by atoms with Crippen LogP contribution in [0, 0.1) is 34.5 Å². The van der Waals surface area contributed by atoms with Gasteiger partial charge in [-0.3, -0.25) is 4.79 Å². The highest BCUT2D eigenvalue weighted by molar-refractivity contribution is 5.75. The van der Waals surface area contributed by atoms with E-state index in [-0.39, 0.29) is 0 Å². The van der Waals surface area contributed by atoms with Crippen molar-refractivity contribution in [3.8, 4) is 0 Å². The van der Waals surface area contributed by atoms with Crippen molar-refractivity contribution in [2.24, 2.45) is 34.5 Å². The van der Waals surface area contributed by atoms with Gasteiger partial charge in [0.05, 0.1) is 5.41 Å². The minimum atomic E-state index is -0.594. The maximum absolute atomic E-state index is 11.9. The molecular weight excluding hydrogens is 272 g/mol. The van der Waals surface area contributed by atoms with E-state index in [2.05, 4.69) is 13.2 Å². The van der Waals surface area contributed by atoms with Crippen LogP contribution in [0.3, 0.4) is 0 Å². The lowest BCUT2D eigenvalue weighted by atomic mass is 9.63. The minimum Gasteiger partial charge on any atom is -0.481 e. The molecule has 0 radical (unpaired) electrons. The summed E-state index contributed by atoms with van der Waals surface area (Å²) in [5.41, 5.74) is 2.71. The Labute approximate surface area is 133 Å². The number of carboxylic acids is 1. The Morgan fingerprint density at radius 1 is 1.18 bits per heavy atom. The third kappa shape index (κ3) is 1.70. The zero-order valence-corrected chi connectivity index (χ0v) is 13.7. The summed E-state index contributed by atoms with van der Waals surface area (Å²) in [4.78, 5) is 11.9. The molecule has 0 aromatic carbocycles. The molecule has 0 saturated heterocycles. The molecule has 0 unspecified atom stereocenters. The maximum Gasteiger partial charge on any atom is 0.309 e. The van der Waals surface area contributed by atoms with Crippen molar-refractivity contribution in [2.45, 2.75) is 58.3 Å². The van der Waals surface area contributed by atoms with E-state index in [9.17, 15) is 9.90 Å². The van der Waals surface area contributed by atoms with Crippen molar-refractivity contribution >= 4 is 5.97 Å². The predicted octanol–water partition coefficient (Wildman–Crippen LogP) is 4.82. The fourth-order valence-corrected chi connectivity index (χ4v) is 6.71. The largest absolute Gasteiger partial charge is 0.481 e. The van der Waals surface area contributed by atoms with E-state index in [0.29, 0.717) is 23.2 Å². The third-order valence-electron chi connectivity index (χ3n) is 8.00. The molecule has 2 heteroatoms. The number of hydrogen-bond donors (Lipinski definition) is 1. The molecule has 4 rings (SSSR count). The lowest BCUT2D eigenvalue weighted by molar-refractivity contribution is -0.150. The maximum atomic E-state index is 11.9. The molecule has 2 bridgehead atoms. The van der Waals surface area contributed by atoms with Gasteiger partial charge in [-0.15, -0.1) is 0 Å². The Balaban J connectivity index is 1.71. The Kier molecular flexibility index (Phi) is 2.97. The standard InChI is InChI=1S/C20H28O2/c1-12-10-20-9-7-17-15(6-8-19(17,3)18(21)22)13(2)16(20)5-4-14(12)11-20/h14-17H,1-2,4-11H2,3H3,(H,21,22)/t14-,15-,16+,17+,19-,20-/m1/s1. The molecule has 4 aliphatic carbocycles. The van der Waals surface area contributed by atoms with Crippen LogP contribution in [0.2, 0.25) is 0 Å². The van der Waals surface area contributed by atoms with Gasteiger partial charge < -0.3 is 5.11 Å². The van der Waals surface area contributed by atoms with Crippen LogP contribution in [0.5, 0.6) is 0 Å². The number of rotatable bonds is 1. The van der Waals surface area contributed by atoms with E-state index in [1.165, 1.54) is 43.3 Å². The van der Waals surface area contributed by atoms with Gasteiger partial charge >= 0.3 is 5.97 Å². The SMILES string of the molecule is C=C1C[C@@]23CC[C@H]4[C@H](CC[C@@]4(C)C(=O)O)C(=C)[C@@H]2CC[C@@H]1C3. The fraction of sp³-hybridized carbons (Fsp3) is 0.750. The molecule has 0 heterocycles. The van der Waals surface area contributed by atoms with Crippen molar-refractivity contribution < 1.29 is 9.90 Å². The molecule has 4 saturated carbocycles. The van der Waals surface area contributed by atoms with Crippen molar-refractivity contribution in [2.75, 3.05) is 0 Å². The van der Waals surface area contributed by atoms with E-state index >= 15 is 0 Å². The number of aliphatic carboxylic acids is 1. The summed E-state index contributed by atoms with van der Waals surface area (Å²) in [7, 11) is 0. The summed E-state index contributed by atoms with van der Waals surface area (Å²) < 4.78 is 0. The van der Waals surface area contributed by atoms with Crippen LogP contribution < -0.4 is 0 Å². The Bertz CT molecular complexity index is 562. The predicted molar refractivity (Wildman–Crippen MR) is 87.4 cm³/mol. The Morgan fingerprint density at radius 2 is 1.95 bits per heavy atom. The highest BCUT2D eigenvalue weighted by atomic mass is 16.4. The van der Waals surface area contributed by atoms with Gasteiger partial charge in [-0.05, 0) is 87.4 Å². The Morgan fingerprint density at radius 3 is 2.68 bits per heavy atom. The first kappa shape index (κ1) is 14.5. The van der Waals surface area contributed by atoms with E-state index < -0.39 is 11.4 Å². The summed E-state index contributed by atoms with van der Waals surface area (Å²) in [6.45, 7) is 10.9. The first-order valence-corrected chi connectivity index (χ1v) is 8.97. The van der Waals surface area contributed by atoms with Crippen molar-refractivity contribution in [3.63, 3.8) is 0 Å². The molecule has 1 N–H and O–H groups in total. The molecule has 0 aromatic rings. The van der Waals surface area contributed by atoms with Gasteiger partial charge in [0.2, 0.25) is 0 Å². The van der Waals surface area contributed by atoms with E-state index in [1.54, 1.807) is 0 Å². The Hall–Kier alpha value is -1.05. The first-order valence-electron chi connectivity index (χ1n) is 8.97. The summed E-state index contributed by atoms with van der Waals surface area (Å²) in [6.07, 6.45) is 9.12. The third-order valence-corrected chi connectivity index (χ3v) is 8.00. The number of carbonyl (C=O) groups is 1. The molecule has 1 spiro atoms. The van der Waals surface area contributed by atoms with Gasteiger partial charge in [-0.2, -0.15) is 0 Å². The van der Waals surface area contributed by atoms with Gasteiger partial charge in [0.1, 0.15) is 0 Å². The fourth-order valence-electron chi connectivity index (χ4n) is 6.71. The number of carboxylic acid groups (broad SMARTS) is 1. The zero-order valence-electron chi connectivity index (χ0n) is 13.7. The van der Waals surface area contributed by atoms with E-state index in [4.69, 9.17) is 0 Å². The second kappa shape index (κ2) is 4.49. The van der Waals surface area contributed by atoms with Crippen LogP contribution in [0.4, 0.5) is 0 Å². The molecule has 0 amide bonds. The topological polar surface area (TPSA) is 37.3 Å². The molecule has 6 atom stereocenters. The average molecular weight is 300 g/mol. The minimum absolute atomic E-state index is 0.296. The molecule has 2 nitrogen and oxygen atoms in total. The highest BCUT2D eigenvalue weighted by Gasteiger charge is 2.58. The van der Waals surface area contributed by atoms with E-state index in [0.717, 1.165) is 25.2 Å². The van der Waals surface area contributed by atoms with Crippen molar-refractivity contribution in [1.82, 2.24) is 0 Å².